The second-order valence-corrected chi connectivity index (χ2v) is 31.0. The van der Waals surface area contributed by atoms with Gasteiger partial charge in [-0.25, -0.2) is 34.8 Å². The summed E-state index contributed by atoms with van der Waals surface area (Å²) in [5.41, 5.74) is 32.0. The number of hydrogen-bond acceptors (Lipinski definition) is 17. The number of anilines is 2. The second-order valence-electron chi connectivity index (χ2n) is 23.3. The molecule has 2 amide bonds. The molecule has 25 heteroatoms. The van der Waals surface area contributed by atoms with Gasteiger partial charge in [-0.1, -0.05) is 158 Å². The quantitative estimate of drug-likeness (QED) is 0.0152. The Morgan fingerprint density at radius 1 is 0.457 bits per heavy atom. The van der Waals surface area contributed by atoms with E-state index in [1.807, 2.05) is 148 Å². The molecule has 0 radical (unpaired) electrons. The zero-order valence-corrected chi connectivity index (χ0v) is 60.0. The van der Waals surface area contributed by atoms with Crippen molar-refractivity contribution in [3.63, 3.8) is 0 Å². The molecular formula is C69H94ClN9O10S5. The Hall–Kier alpha value is -7.73. The molecule has 512 valence electrons. The number of nitrogens with two attached hydrogens (primary N) is 4. The molecule has 12 N–H and O–H groups in total. The van der Waals surface area contributed by atoms with Crippen LogP contribution in [0.2, 0.25) is 0 Å². The van der Waals surface area contributed by atoms with Gasteiger partial charge in [0.2, 0.25) is 0 Å². The van der Waals surface area contributed by atoms with Gasteiger partial charge in [0.25, 0.3) is 0 Å². The van der Waals surface area contributed by atoms with Crippen LogP contribution in [0.1, 0.15) is 97.2 Å². The lowest BCUT2D eigenvalue weighted by molar-refractivity contribution is 0.0512. The van der Waals surface area contributed by atoms with E-state index in [1.165, 1.54) is 41.7 Å². The summed E-state index contributed by atoms with van der Waals surface area (Å²) in [6.45, 7) is 13.9. The molecule has 0 aliphatic rings. The molecule has 0 bridgehead atoms. The van der Waals surface area contributed by atoms with E-state index in [4.69, 9.17) is 49.9 Å². The molecule has 0 fully saturated rings. The smallest absolute Gasteiger partial charge is 0.407 e. The molecule has 0 spiro atoms. The monoisotopic (exact) mass is 1400 g/mol. The number of halogens is 1. The molecular weight excluding hydrogens is 1310 g/mol. The van der Waals surface area contributed by atoms with E-state index in [0.29, 0.717) is 49.1 Å². The number of benzene rings is 7. The molecule has 0 aliphatic heterocycles. The lowest BCUT2D eigenvalue weighted by Crippen LogP contribution is -2.35. The third kappa shape index (κ3) is 45.5. The molecule has 7 rings (SSSR count). The molecule has 7 aromatic carbocycles. The zero-order valence-electron chi connectivity index (χ0n) is 55.1. The minimum atomic E-state index is -3.06. The fourth-order valence-electron chi connectivity index (χ4n) is 7.88. The number of sulfone groups is 3. The van der Waals surface area contributed by atoms with Crippen molar-refractivity contribution in [2.75, 3.05) is 42.5 Å². The molecule has 0 aliphatic carbocycles. The number of ether oxygens (including phenoxy) is 2. The van der Waals surface area contributed by atoms with Gasteiger partial charge in [0.1, 0.15) is 16.6 Å². The van der Waals surface area contributed by atoms with Gasteiger partial charge >= 0.3 is 12.2 Å². The number of thiocyanates is 1. The summed E-state index contributed by atoms with van der Waals surface area (Å²) in [7, 11) is -9.03. The summed E-state index contributed by atoms with van der Waals surface area (Å²) in [5.74, 6) is 1.02. The fraction of sp³-hybridized carbons (Fsp3) is 0.333. The lowest BCUT2D eigenvalue weighted by Gasteiger charge is -2.19. The number of thioether (sulfide) groups is 1. The zero-order chi connectivity index (χ0) is 69.5. The number of thiocarbonyl (C=S) groups is 1. The highest BCUT2D eigenvalue weighted by atomic mass is 35.5. The van der Waals surface area contributed by atoms with Crippen LogP contribution in [0, 0.1) is 10.7 Å². The standard InChI is InChI=1S/C18H22N2O2S2.C14H21NO4S.C12H18N2O2.C9H13NO2S.C9H9NS.C7H10N2.ClH/c1-24(21,22)14-17-9-5-8-16(12-17)13-20-18(23)19-11-10-15-6-3-2-4-7-15;1-14(2,3)19-13(16)15-9-11-6-5-7-12(8-11)10-20(4,17)18;1-12(2,3)16-11(15)14-8-9-5-4-6-10(13)7-9;1-13(11,12)7-9-4-2-3-8(5-9)6-10;10-8-11-7-6-9-4-2-1-3-5-9;8-5-6-2-1-3-7(9)4-6;/h2-9,12H,10-11,13-14H2,1H3,(H2,19,20,23);5-8H,9-10H2,1-4H3,(H,15,16);4-7H,8,13H2,1-3H3,(H,14,15);2-5H,6-7,10H2,1H3;1-5H,6-7H2;1-4H,5,8-9H2;1H. The Morgan fingerprint density at radius 3 is 1.12 bits per heavy atom. The van der Waals surface area contributed by atoms with Gasteiger partial charge in [-0.2, -0.15) is 5.26 Å². The third-order valence-electron chi connectivity index (χ3n) is 11.7. The third-order valence-corrected chi connectivity index (χ3v) is 15.1. The highest BCUT2D eigenvalue weighted by molar-refractivity contribution is 8.03. The normalized spacial score (nSPS) is 10.8. The molecule has 0 saturated carbocycles. The summed E-state index contributed by atoms with van der Waals surface area (Å²) in [6.07, 6.45) is 4.64. The average Bonchev–Trinajstić information content (AvgIpc) is 2.29. The van der Waals surface area contributed by atoms with Crippen LogP contribution < -0.4 is 44.2 Å². The Kier molecular flexibility index (Phi) is 39.5. The highest BCUT2D eigenvalue weighted by Gasteiger charge is 2.17. The van der Waals surface area contributed by atoms with Gasteiger partial charge in [-0.15, -0.1) is 12.4 Å². The number of nitrogens with one attached hydrogen (secondary N) is 4. The summed E-state index contributed by atoms with van der Waals surface area (Å²) in [4.78, 5) is 22.9. The van der Waals surface area contributed by atoms with Crippen molar-refractivity contribution >= 4 is 94.6 Å². The van der Waals surface area contributed by atoms with Crippen molar-refractivity contribution in [3.05, 3.63) is 238 Å². The van der Waals surface area contributed by atoms with Crippen LogP contribution in [-0.4, -0.2) is 84.8 Å². The van der Waals surface area contributed by atoms with E-state index < -0.39 is 52.9 Å². The number of alkyl carbamates (subject to hydrolysis) is 2. The summed E-state index contributed by atoms with van der Waals surface area (Å²) in [5, 5.41) is 22.5. The van der Waals surface area contributed by atoms with Crippen LogP contribution >= 0.6 is 36.4 Å². The minimum Gasteiger partial charge on any atom is -0.444 e. The molecule has 0 unspecified atom stereocenters. The van der Waals surface area contributed by atoms with Crippen molar-refractivity contribution in [2.45, 2.75) is 116 Å². The highest BCUT2D eigenvalue weighted by Crippen LogP contribution is 2.14. The van der Waals surface area contributed by atoms with Gasteiger partial charge in [0.15, 0.2) is 34.6 Å². The second kappa shape index (κ2) is 44.0. The molecule has 0 saturated heterocycles. The van der Waals surface area contributed by atoms with Gasteiger partial charge in [0.05, 0.1) is 17.3 Å². The van der Waals surface area contributed by atoms with Crippen molar-refractivity contribution in [1.82, 2.24) is 21.3 Å². The van der Waals surface area contributed by atoms with Gasteiger partial charge < -0.3 is 53.7 Å². The van der Waals surface area contributed by atoms with Crippen LogP contribution in [0.3, 0.4) is 0 Å². The molecule has 0 heterocycles. The van der Waals surface area contributed by atoms with Gasteiger partial charge in [-0.3, -0.25) is 0 Å². The number of carbonyl (C=O) groups is 2. The molecule has 19 nitrogen and oxygen atoms in total. The van der Waals surface area contributed by atoms with E-state index in [9.17, 15) is 34.8 Å². The number of rotatable bonds is 20. The maximum absolute atomic E-state index is 11.5. The Labute approximate surface area is 574 Å². The molecule has 94 heavy (non-hydrogen) atoms. The predicted molar refractivity (Wildman–Crippen MR) is 392 cm³/mol. The van der Waals surface area contributed by atoms with Crippen LogP contribution in [0.4, 0.5) is 21.0 Å². The number of hydrogen-bond donors (Lipinski definition) is 8. The first-order valence-electron chi connectivity index (χ1n) is 29.5. The Morgan fingerprint density at radius 2 is 0.766 bits per heavy atom. The van der Waals surface area contributed by atoms with Crippen LogP contribution in [0.15, 0.2) is 182 Å². The van der Waals surface area contributed by atoms with Crippen molar-refractivity contribution < 1.29 is 44.3 Å². The van der Waals surface area contributed by atoms with Crippen molar-refractivity contribution in [1.29, 1.82) is 5.26 Å². The number of nitriles is 1. The summed E-state index contributed by atoms with van der Waals surface area (Å²) < 4.78 is 77.4. The van der Waals surface area contributed by atoms with E-state index in [0.717, 1.165) is 69.8 Å². The molecule has 7 aromatic rings. The average molecular weight is 1410 g/mol. The van der Waals surface area contributed by atoms with E-state index in [-0.39, 0.29) is 29.7 Å². The van der Waals surface area contributed by atoms with Crippen LogP contribution in [0.25, 0.3) is 0 Å². The van der Waals surface area contributed by atoms with Crippen LogP contribution in [-0.2, 0) is 102 Å². The number of aryl methyl sites for hydroxylation is 1. The number of amides is 2. The molecule has 0 atom stereocenters. The van der Waals surface area contributed by atoms with Gasteiger partial charge in [0, 0.05) is 75.2 Å². The van der Waals surface area contributed by atoms with Crippen molar-refractivity contribution in [2.24, 2.45) is 11.5 Å². The Balaban J connectivity index is 0.000000579. The summed E-state index contributed by atoms with van der Waals surface area (Å²) >= 11 is 6.58. The topological polar surface area (TPSA) is 331 Å². The van der Waals surface area contributed by atoms with E-state index in [2.05, 4.69) is 50.9 Å². The number of carbonyl (C=O) groups excluding carboxylic acids is 2. The fourth-order valence-corrected chi connectivity index (χ4v) is 10.8. The van der Waals surface area contributed by atoms with E-state index in [1.54, 1.807) is 51.1 Å². The predicted octanol–water partition coefficient (Wildman–Crippen LogP) is 11.3. The minimum absolute atomic E-state index is 0. The lowest BCUT2D eigenvalue weighted by atomic mass is 10.1. The van der Waals surface area contributed by atoms with Crippen LogP contribution in [0.5, 0.6) is 0 Å². The maximum Gasteiger partial charge on any atom is 0.407 e. The first-order chi connectivity index (χ1) is 43.6. The summed E-state index contributed by atoms with van der Waals surface area (Å²) in [6, 6.07) is 57.3. The largest absolute Gasteiger partial charge is 0.444 e. The number of nitrogen functional groups attached to an aromatic ring is 2. The SMILES string of the molecule is CC(C)(C)OC(=O)NCc1cccc(CS(C)(=O)=O)c1.CC(C)(C)OC(=O)NCc1cccc(N)c1.CS(=O)(=O)Cc1cccc(CN)c1.CS(=O)(=O)Cc1cccc(CNC(=S)NCCc2ccccc2)c1.Cl.N#CSCCc1ccccc1.NCc1cccc(N)c1. The molecule has 0 aromatic heterocycles. The van der Waals surface area contributed by atoms with Crippen molar-refractivity contribution in [3.8, 4) is 5.40 Å². The first kappa shape index (κ1) is 84.3. The van der Waals surface area contributed by atoms with Gasteiger partial charge in [-0.05, 0) is 158 Å². The maximum atomic E-state index is 11.5. The Bertz CT molecular complexity index is 3780. The number of nitrogens with zero attached hydrogens (tertiary/aromatic N) is 1. The first-order valence-corrected chi connectivity index (χ1v) is 37.1. The van der Waals surface area contributed by atoms with E-state index >= 15 is 0 Å².